The molecule has 0 radical (unpaired) electrons. The summed E-state index contributed by atoms with van der Waals surface area (Å²) in [7, 11) is 0. The van der Waals surface area contributed by atoms with E-state index in [0.29, 0.717) is 5.92 Å². The summed E-state index contributed by atoms with van der Waals surface area (Å²) in [5.41, 5.74) is 0. The summed E-state index contributed by atoms with van der Waals surface area (Å²) < 4.78 is 5.34. The normalized spacial score (nSPS) is 12.3. The van der Waals surface area contributed by atoms with Crippen LogP contribution in [0, 0.1) is 17.8 Å². The van der Waals surface area contributed by atoms with Gasteiger partial charge in [0, 0.05) is 12.5 Å². The number of unbranched alkanes of at least 4 members (excludes halogenated alkanes) is 2. The summed E-state index contributed by atoms with van der Waals surface area (Å²) in [6.07, 6.45) is 7.89. The third-order valence-corrected chi connectivity index (χ3v) is 2.36. The van der Waals surface area contributed by atoms with Crippen molar-refractivity contribution in [1.29, 1.82) is 0 Å². The van der Waals surface area contributed by atoms with E-state index in [9.17, 15) is 4.79 Å². The molecule has 0 aromatic rings. The van der Waals surface area contributed by atoms with Gasteiger partial charge >= 0.3 is 5.97 Å². The number of carbonyl (C=O) groups excluding carboxylic acids is 1. The standard InChI is InChI=1S/C16H26O2/c1-5-7-9-10-12-16(17)18-15(11-8-6-2)13-14(3)4/h10,12,14-15H,5-7,9,13H2,1-4H3/b12-10+. The maximum Gasteiger partial charge on any atom is 0.331 e. The molecule has 0 rings (SSSR count). The van der Waals surface area contributed by atoms with E-state index in [4.69, 9.17) is 4.74 Å². The Morgan fingerprint density at radius 3 is 2.61 bits per heavy atom. The highest BCUT2D eigenvalue weighted by molar-refractivity contribution is 5.82. The molecule has 0 aromatic heterocycles. The van der Waals surface area contributed by atoms with Crippen molar-refractivity contribution in [2.24, 2.45) is 5.92 Å². The molecule has 0 saturated heterocycles. The van der Waals surface area contributed by atoms with Crippen molar-refractivity contribution in [2.75, 3.05) is 0 Å². The van der Waals surface area contributed by atoms with Crippen molar-refractivity contribution in [2.45, 2.75) is 65.9 Å². The van der Waals surface area contributed by atoms with E-state index < -0.39 is 0 Å². The Kier molecular flexibility index (Phi) is 10.2. The zero-order valence-electron chi connectivity index (χ0n) is 12.2. The SMILES string of the molecule is CCC#CC(CC(C)C)OC(=O)/C=C/CCCC. The minimum absolute atomic E-state index is 0.270. The molecule has 0 aromatic carbocycles. The maximum absolute atomic E-state index is 11.6. The van der Waals surface area contributed by atoms with Crippen molar-refractivity contribution < 1.29 is 9.53 Å². The lowest BCUT2D eigenvalue weighted by molar-refractivity contribution is -0.141. The first-order valence-electron chi connectivity index (χ1n) is 6.95. The van der Waals surface area contributed by atoms with Crippen LogP contribution in [-0.4, -0.2) is 12.1 Å². The highest BCUT2D eigenvalue weighted by Crippen LogP contribution is 2.08. The Balaban J connectivity index is 4.21. The predicted molar refractivity (Wildman–Crippen MR) is 76.1 cm³/mol. The fraction of sp³-hybridized carbons (Fsp3) is 0.688. The van der Waals surface area contributed by atoms with Crippen LogP contribution in [0.4, 0.5) is 0 Å². The van der Waals surface area contributed by atoms with Crippen LogP contribution in [0.1, 0.15) is 59.8 Å². The Morgan fingerprint density at radius 2 is 2.06 bits per heavy atom. The van der Waals surface area contributed by atoms with E-state index in [2.05, 4.69) is 32.6 Å². The average Bonchev–Trinajstić information content (AvgIpc) is 2.31. The first-order valence-corrected chi connectivity index (χ1v) is 6.95. The molecular formula is C16H26O2. The zero-order chi connectivity index (χ0) is 13.8. The fourth-order valence-electron chi connectivity index (χ4n) is 1.46. The van der Waals surface area contributed by atoms with Gasteiger partial charge in [0.1, 0.15) is 0 Å². The van der Waals surface area contributed by atoms with E-state index in [1.54, 1.807) is 0 Å². The third kappa shape index (κ3) is 9.96. The lowest BCUT2D eigenvalue weighted by Crippen LogP contribution is -2.17. The summed E-state index contributed by atoms with van der Waals surface area (Å²) in [6, 6.07) is 0. The largest absolute Gasteiger partial charge is 0.446 e. The van der Waals surface area contributed by atoms with Crippen LogP contribution in [0.15, 0.2) is 12.2 Å². The molecule has 1 unspecified atom stereocenters. The highest BCUT2D eigenvalue weighted by Gasteiger charge is 2.11. The van der Waals surface area contributed by atoms with Crippen LogP contribution in [-0.2, 0) is 9.53 Å². The molecule has 2 heteroatoms. The van der Waals surface area contributed by atoms with Gasteiger partial charge in [0.2, 0.25) is 0 Å². The molecule has 18 heavy (non-hydrogen) atoms. The quantitative estimate of drug-likeness (QED) is 0.294. The van der Waals surface area contributed by atoms with Gasteiger partial charge in [-0.1, -0.05) is 58.5 Å². The van der Waals surface area contributed by atoms with Gasteiger partial charge in [-0.15, -0.1) is 0 Å². The third-order valence-electron chi connectivity index (χ3n) is 2.36. The topological polar surface area (TPSA) is 26.3 Å². The molecule has 2 nitrogen and oxygen atoms in total. The molecule has 0 spiro atoms. The molecule has 0 saturated carbocycles. The lowest BCUT2D eigenvalue weighted by atomic mass is 10.1. The molecule has 0 heterocycles. The summed E-state index contributed by atoms with van der Waals surface area (Å²) in [6.45, 7) is 8.33. The number of hydrogen-bond acceptors (Lipinski definition) is 2. The molecule has 0 amide bonds. The monoisotopic (exact) mass is 250 g/mol. The van der Waals surface area contributed by atoms with Gasteiger partial charge in [0.15, 0.2) is 6.10 Å². The first kappa shape index (κ1) is 16.8. The van der Waals surface area contributed by atoms with Crippen molar-refractivity contribution >= 4 is 5.97 Å². The van der Waals surface area contributed by atoms with Gasteiger partial charge in [-0.05, 0) is 18.8 Å². The second kappa shape index (κ2) is 10.9. The maximum atomic E-state index is 11.6. The molecule has 0 aliphatic carbocycles. The summed E-state index contributed by atoms with van der Waals surface area (Å²) in [5, 5.41) is 0. The van der Waals surface area contributed by atoms with Crippen LogP contribution in [0.5, 0.6) is 0 Å². The van der Waals surface area contributed by atoms with E-state index in [-0.39, 0.29) is 12.1 Å². The molecule has 1 atom stereocenters. The molecule has 0 aliphatic rings. The van der Waals surface area contributed by atoms with Crippen LogP contribution in [0.25, 0.3) is 0 Å². The average molecular weight is 250 g/mol. The minimum atomic E-state index is -0.276. The van der Waals surface area contributed by atoms with Gasteiger partial charge in [0.05, 0.1) is 0 Å². The summed E-state index contributed by atoms with van der Waals surface area (Å²) in [4.78, 5) is 11.6. The second-order valence-corrected chi connectivity index (χ2v) is 4.77. The Labute approximate surface area is 112 Å². The van der Waals surface area contributed by atoms with E-state index in [1.165, 1.54) is 6.08 Å². The first-order chi connectivity index (χ1) is 8.60. The van der Waals surface area contributed by atoms with Crippen LogP contribution in [0.2, 0.25) is 0 Å². The number of carbonyl (C=O) groups is 1. The Hall–Kier alpha value is -1.23. The van der Waals surface area contributed by atoms with Gasteiger partial charge in [-0.2, -0.15) is 0 Å². The number of allylic oxidation sites excluding steroid dienone is 1. The van der Waals surface area contributed by atoms with E-state index >= 15 is 0 Å². The summed E-state index contributed by atoms with van der Waals surface area (Å²) >= 11 is 0. The molecule has 0 fully saturated rings. The van der Waals surface area contributed by atoms with Crippen molar-refractivity contribution in [3.8, 4) is 11.8 Å². The fourth-order valence-corrected chi connectivity index (χ4v) is 1.46. The van der Waals surface area contributed by atoms with Crippen molar-refractivity contribution in [3.05, 3.63) is 12.2 Å². The van der Waals surface area contributed by atoms with Crippen molar-refractivity contribution in [1.82, 2.24) is 0 Å². The van der Waals surface area contributed by atoms with Gasteiger partial charge in [-0.3, -0.25) is 0 Å². The predicted octanol–water partition coefficient (Wildman–Crippen LogP) is 4.10. The van der Waals surface area contributed by atoms with Gasteiger partial charge in [-0.25, -0.2) is 4.79 Å². The minimum Gasteiger partial charge on any atom is -0.446 e. The van der Waals surface area contributed by atoms with Crippen LogP contribution >= 0.6 is 0 Å². The number of ether oxygens (including phenoxy) is 1. The summed E-state index contributed by atoms with van der Waals surface area (Å²) in [5.74, 6) is 6.19. The molecular weight excluding hydrogens is 224 g/mol. The van der Waals surface area contributed by atoms with E-state index in [0.717, 1.165) is 32.1 Å². The Morgan fingerprint density at radius 1 is 1.33 bits per heavy atom. The van der Waals surface area contributed by atoms with Gasteiger partial charge < -0.3 is 4.74 Å². The molecule has 0 bridgehead atoms. The van der Waals surface area contributed by atoms with E-state index in [1.807, 2.05) is 13.0 Å². The Bertz CT molecular complexity index is 305. The van der Waals surface area contributed by atoms with Crippen LogP contribution < -0.4 is 0 Å². The number of hydrogen-bond donors (Lipinski definition) is 0. The highest BCUT2D eigenvalue weighted by atomic mass is 16.5. The zero-order valence-corrected chi connectivity index (χ0v) is 12.2. The number of rotatable bonds is 7. The second-order valence-electron chi connectivity index (χ2n) is 4.77. The van der Waals surface area contributed by atoms with Gasteiger partial charge in [0.25, 0.3) is 0 Å². The van der Waals surface area contributed by atoms with Crippen LogP contribution in [0.3, 0.4) is 0 Å². The lowest BCUT2D eigenvalue weighted by Gasteiger charge is -2.13. The number of esters is 1. The molecule has 0 N–H and O–H groups in total. The molecule has 102 valence electrons. The molecule has 0 aliphatic heterocycles. The van der Waals surface area contributed by atoms with Crippen molar-refractivity contribution in [3.63, 3.8) is 0 Å². The smallest absolute Gasteiger partial charge is 0.331 e.